The number of carbonyl (C=O) groups excluding carboxylic acids is 1. The van der Waals surface area contributed by atoms with Crippen LogP contribution < -0.4 is 4.57 Å². The van der Waals surface area contributed by atoms with Crippen molar-refractivity contribution in [2.24, 2.45) is 7.05 Å². The van der Waals surface area contributed by atoms with Crippen molar-refractivity contribution in [1.82, 2.24) is 9.19 Å². The number of benzene rings is 1. The van der Waals surface area contributed by atoms with E-state index in [4.69, 9.17) is 0 Å². The lowest BCUT2D eigenvalue weighted by Crippen LogP contribution is -2.23. The largest absolute Gasteiger partial charge is 0.293 e. The summed E-state index contributed by atoms with van der Waals surface area (Å²) in [5.74, 6) is -0.116. The first kappa shape index (κ1) is 11.8. The molecule has 88 valence electrons. The summed E-state index contributed by atoms with van der Waals surface area (Å²) in [5.41, 5.74) is 0.510. The Morgan fingerprint density at radius 1 is 1.47 bits per heavy atom. The van der Waals surface area contributed by atoms with Crippen molar-refractivity contribution in [3.63, 3.8) is 0 Å². The van der Waals surface area contributed by atoms with Crippen LogP contribution in [0.2, 0.25) is 0 Å². The molecule has 1 aromatic carbocycles. The third kappa shape index (κ3) is 3.13. The minimum atomic E-state index is -0.340. The fourth-order valence-electron chi connectivity index (χ4n) is 1.26. The molecule has 0 amide bonds. The smallest absolute Gasteiger partial charge is 0.266 e. The highest BCUT2D eigenvalue weighted by atomic mass is 32.2. The van der Waals surface area contributed by atoms with Crippen LogP contribution in [0.3, 0.4) is 0 Å². The number of hydrogen-bond donors (Lipinski definition) is 0. The molecule has 2 aromatic rings. The first-order chi connectivity index (χ1) is 8.15. The molecule has 0 aliphatic carbocycles. The second-order valence-electron chi connectivity index (χ2n) is 3.52. The van der Waals surface area contributed by atoms with E-state index in [2.05, 4.69) is 5.10 Å². The number of aryl methyl sites for hydroxylation is 1. The number of rotatable bonds is 4. The zero-order chi connectivity index (χ0) is 12.3. The van der Waals surface area contributed by atoms with Crippen molar-refractivity contribution >= 4 is 17.7 Å². The van der Waals surface area contributed by atoms with E-state index in [1.165, 1.54) is 36.2 Å². The van der Waals surface area contributed by atoms with Crippen LogP contribution in [0.1, 0.15) is 10.4 Å². The molecule has 0 spiro atoms. The molecule has 17 heavy (non-hydrogen) atoms. The first-order valence-electron chi connectivity index (χ1n) is 4.97. The quantitative estimate of drug-likeness (QED) is 0.607. The van der Waals surface area contributed by atoms with Crippen molar-refractivity contribution < 1.29 is 13.8 Å². The Labute approximate surface area is 102 Å². The van der Waals surface area contributed by atoms with Gasteiger partial charge in [0.1, 0.15) is 5.82 Å². The van der Waals surface area contributed by atoms with E-state index in [1.807, 2.05) is 7.05 Å². The van der Waals surface area contributed by atoms with E-state index in [1.54, 1.807) is 21.3 Å². The van der Waals surface area contributed by atoms with E-state index in [9.17, 15) is 9.18 Å². The van der Waals surface area contributed by atoms with Crippen LogP contribution in [0.25, 0.3) is 0 Å². The van der Waals surface area contributed by atoms with Gasteiger partial charge in [-0.25, -0.2) is 8.96 Å². The number of aromatic nitrogens is 3. The van der Waals surface area contributed by atoms with Crippen LogP contribution in [0.4, 0.5) is 4.39 Å². The molecule has 0 saturated heterocycles. The lowest BCUT2D eigenvalue weighted by atomic mass is 10.1. The number of ketones is 1. The molecule has 4 nitrogen and oxygen atoms in total. The molecular weight excluding hydrogens is 241 g/mol. The molecule has 0 unspecified atom stereocenters. The summed E-state index contributed by atoms with van der Waals surface area (Å²) >= 11 is 1.29. The molecule has 0 saturated carbocycles. The number of nitrogens with zero attached hydrogens (tertiary/aromatic N) is 3. The van der Waals surface area contributed by atoms with E-state index in [0.29, 0.717) is 5.56 Å². The van der Waals surface area contributed by atoms with Crippen LogP contribution in [0, 0.1) is 5.82 Å². The van der Waals surface area contributed by atoms with Gasteiger partial charge < -0.3 is 0 Å². The van der Waals surface area contributed by atoms with Gasteiger partial charge in [0.05, 0.1) is 24.7 Å². The van der Waals surface area contributed by atoms with Crippen molar-refractivity contribution in [2.75, 3.05) is 5.75 Å². The molecule has 0 fully saturated rings. The molecule has 0 atom stereocenters. The van der Waals surface area contributed by atoms with Gasteiger partial charge in [0.25, 0.3) is 6.33 Å². The Kier molecular flexibility index (Phi) is 3.53. The summed E-state index contributed by atoms with van der Waals surface area (Å²) in [6.07, 6.45) is 3.41. The van der Waals surface area contributed by atoms with Gasteiger partial charge >= 0.3 is 0 Å². The molecule has 0 aliphatic rings. The Morgan fingerprint density at radius 3 is 2.76 bits per heavy atom. The Hall–Kier alpha value is -1.69. The van der Waals surface area contributed by atoms with Gasteiger partial charge in [-0.3, -0.25) is 4.79 Å². The minimum Gasteiger partial charge on any atom is -0.293 e. The zero-order valence-electron chi connectivity index (χ0n) is 9.21. The first-order valence-corrected chi connectivity index (χ1v) is 5.91. The van der Waals surface area contributed by atoms with Gasteiger partial charge in [0.2, 0.25) is 6.33 Å². The average molecular weight is 252 g/mol. The Bertz CT molecular complexity index is 524. The van der Waals surface area contributed by atoms with E-state index in [-0.39, 0.29) is 17.4 Å². The van der Waals surface area contributed by atoms with Crippen molar-refractivity contribution in [1.29, 1.82) is 0 Å². The van der Waals surface area contributed by atoms with Crippen molar-refractivity contribution in [3.05, 3.63) is 48.3 Å². The van der Waals surface area contributed by atoms with Gasteiger partial charge in [-0.15, -0.1) is 0 Å². The van der Waals surface area contributed by atoms with Crippen LogP contribution >= 0.6 is 11.9 Å². The van der Waals surface area contributed by atoms with Crippen LogP contribution in [-0.2, 0) is 7.05 Å². The summed E-state index contributed by atoms with van der Waals surface area (Å²) in [5, 5.41) is 4.03. The lowest BCUT2D eigenvalue weighted by molar-refractivity contribution is -0.671. The molecule has 0 N–H and O–H groups in total. The summed E-state index contributed by atoms with van der Waals surface area (Å²) in [4.78, 5) is 11.7. The maximum absolute atomic E-state index is 12.7. The van der Waals surface area contributed by atoms with Gasteiger partial charge in [-0.1, -0.05) is 4.09 Å². The van der Waals surface area contributed by atoms with Crippen LogP contribution in [0.15, 0.2) is 36.9 Å². The maximum Gasteiger partial charge on any atom is 0.266 e. The van der Waals surface area contributed by atoms with E-state index >= 15 is 0 Å². The maximum atomic E-state index is 12.7. The standard InChI is InChI=1S/C11H11FN3OS/c1-14-7-13-15(8-14)17-6-11(16)9-2-4-10(12)5-3-9/h2-5,7-8H,6H2,1H3/q+1. The predicted molar refractivity (Wildman–Crippen MR) is 62.0 cm³/mol. The minimum absolute atomic E-state index is 0.0480. The van der Waals surface area contributed by atoms with Crippen LogP contribution in [0.5, 0.6) is 0 Å². The van der Waals surface area contributed by atoms with Gasteiger partial charge in [-0.05, 0) is 24.3 Å². The third-order valence-corrected chi connectivity index (χ3v) is 2.97. The zero-order valence-corrected chi connectivity index (χ0v) is 10.0. The third-order valence-electron chi connectivity index (χ3n) is 2.12. The van der Waals surface area contributed by atoms with Crippen LogP contribution in [-0.4, -0.2) is 20.7 Å². The normalized spacial score (nSPS) is 10.5. The molecular formula is C11H11FN3OS+. The summed E-state index contributed by atoms with van der Waals surface area (Å²) < 4.78 is 16.1. The summed E-state index contributed by atoms with van der Waals surface area (Å²) in [6, 6.07) is 5.54. The fourth-order valence-corrected chi connectivity index (χ4v) is 2.00. The topological polar surface area (TPSA) is 38.8 Å². The molecule has 2 rings (SSSR count). The lowest BCUT2D eigenvalue weighted by Gasteiger charge is -1.97. The Balaban J connectivity index is 1.95. The second kappa shape index (κ2) is 5.09. The summed E-state index contributed by atoms with van der Waals surface area (Å²) in [6.45, 7) is 0. The summed E-state index contributed by atoms with van der Waals surface area (Å²) in [7, 11) is 1.85. The van der Waals surface area contributed by atoms with Crippen molar-refractivity contribution in [3.8, 4) is 0 Å². The highest BCUT2D eigenvalue weighted by molar-refractivity contribution is 7.98. The molecule has 1 heterocycles. The molecule has 0 aliphatic heterocycles. The Morgan fingerprint density at radius 2 is 2.18 bits per heavy atom. The highest BCUT2D eigenvalue weighted by Crippen LogP contribution is 2.09. The van der Waals surface area contributed by atoms with Gasteiger partial charge in [0.15, 0.2) is 5.78 Å². The number of Topliss-reactive ketones (excluding diaryl/α,β-unsaturated/α-hetero) is 1. The SMILES string of the molecule is C[n+]1cnn(SCC(=O)c2ccc(F)cc2)c1. The average Bonchev–Trinajstić information content (AvgIpc) is 2.73. The number of carbonyl (C=O) groups is 1. The molecule has 0 radical (unpaired) electrons. The second-order valence-corrected chi connectivity index (χ2v) is 4.44. The monoisotopic (exact) mass is 252 g/mol. The van der Waals surface area contributed by atoms with Gasteiger partial charge in [0, 0.05) is 10.7 Å². The van der Waals surface area contributed by atoms with Gasteiger partial charge in [-0.2, -0.15) is 0 Å². The number of halogens is 1. The molecule has 6 heteroatoms. The van der Waals surface area contributed by atoms with E-state index < -0.39 is 0 Å². The predicted octanol–water partition coefficient (Wildman–Crippen LogP) is 1.23. The molecule has 0 bridgehead atoms. The highest BCUT2D eigenvalue weighted by Gasteiger charge is 2.10. The fraction of sp³-hybridized carbons (Fsp3) is 0.182. The molecule has 1 aromatic heterocycles. The van der Waals surface area contributed by atoms with E-state index in [0.717, 1.165) is 0 Å². The number of hydrogen-bond acceptors (Lipinski definition) is 3. The van der Waals surface area contributed by atoms with Crippen molar-refractivity contribution in [2.45, 2.75) is 0 Å².